The lowest BCUT2D eigenvalue weighted by Crippen LogP contribution is -2.38. The van der Waals surface area contributed by atoms with Gasteiger partial charge in [0.15, 0.2) is 11.5 Å². The van der Waals surface area contributed by atoms with Gasteiger partial charge in [-0.15, -0.1) is 0 Å². The van der Waals surface area contributed by atoms with Gasteiger partial charge in [0.05, 0.1) is 36.9 Å². The summed E-state index contributed by atoms with van der Waals surface area (Å²) in [6, 6.07) is 15.3. The number of rotatable bonds is 8. The highest BCUT2D eigenvalue weighted by Crippen LogP contribution is 2.36. The van der Waals surface area contributed by atoms with E-state index in [1.807, 2.05) is 29.2 Å². The molecule has 1 N–H and O–H groups in total. The Hall–Kier alpha value is -4.67. The van der Waals surface area contributed by atoms with Crippen molar-refractivity contribution in [3.8, 4) is 22.8 Å². The molecule has 0 spiro atoms. The van der Waals surface area contributed by atoms with E-state index in [1.165, 1.54) is 18.5 Å². The molecule has 4 aromatic rings. The van der Waals surface area contributed by atoms with Gasteiger partial charge in [-0.25, -0.2) is 9.97 Å². The minimum absolute atomic E-state index is 0.0573. The highest BCUT2D eigenvalue weighted by atomic mass is 19.4. The van der Waals surface area contributed by atoms with E-state index in [0.29, 0.717) is 46.5 Å². The molecular formula is C32H31F3N4O4. The second kappa shape index (κ2) is 12.7. The molecule has 0 saturated carbocycles. The number of nitrogens with one attached hydrogen (secondary N) is 1. The summed E-state index contributed by atoms with van der Waals surface area (Å²) in [5.74, 6) is 1.23. The zero-order chi connectivity index (χ0) is 30.6. The van der Waals surface area contributed by atoms with Crippen LogP contribution < -0.4 is 14.8 Å². The number of nitrogens with zero attached hydrogens (tertiary/aromatic N) is 3. The highest BCUT2D eigenvalue weighted by Gasteiger charge is 2.30. The lowest BCUT2D eigenvalue weighted by molar-refractivity contribution is -0.137. The van der Waals surface area contributed by atoms with Gasteiger partial charge in [0.2, 0.25) is 11.8 Å². The maximum atomic E-state index is 12.8. The normalized spacial score (nSPS) is 14.0. The van der Waals surface area contributed by atoms with Crippen LogP contribution in [0.4, 0.5) is 18.9 Å². The van der Waals surface area contributed by atoms with Gasteiger partial charge in [-0.3, -0.25) is 9.59 Å². The number of carbonyl (C=O) groups excluding carboxylic acids is 2. The molecule has 2 heterocycles. The third kappa shape index (κ3) is 7.22. The van der Waals surface area contributed by atoms with Crippen LogP contribution >= 0.6 is 0 Å². The van der Waals surface area contributed by atoms with Crippen molar-refractivity contribution in [1.82, 2.24) is 14.9 Å². The number of likely N-dealkylation sites (tertiary alicyclic amines) is 1. The molecule has 1 aromatic heterocycles. The van der Waals surface area contributed by atoms with Crippen molar-refractivity contribution in [3.05, 3.63) is 78.1 Å². The maximum Gasteiger partial charge on any atom is 0.416 e. The summed E-state index contributed by atoms with van der Waals surface area (Å²) in [5.41, 5.74) is 2.41. The van der Waals surface area contributed by atoms with Crippen molar-refractivity contribution >= 4 is 28.4 Å². The molecule has 11 heteroatoms. The Morgan fingerprint density at radius 1 is 0.977 bits per heavy atom. The second-order valence-electron chi connectivity index (χ2n) is 10.5. The number of alkyl halides is 3. The number of aromatic nitrogens is 2. The Labute approximate surface area is 246 Å². The summed E-state index contributed by atoms with van der Waals surface area (Å²) in [4.78, 5) is 34.9. The highest BCUT2D eigenvalue weighted by molar-refractivity contribution is 5.95. The number of benzene rings is 3. The van der Waals surface area contributed by atoms with Crippen LogP contribution in [-0.4, -0.2) is 53.5 Å². The number of ether oxygens (including phenoxy) is 2. The van der Waals surface area contributed by atoms with Crippen LogP contribution in [0.1, 0.15) is 30.9 Å². The van der Waals surface area contributed by atoms with Crippen molar-refractivity contribution in [2.24, 2.45) is 5.92 Å². The molecule has 0 unspecified atom stereocenters. The van der Waals surface area contributed by atoms with Crippen LogP contribution in [0, 0.1) is 5.92 Å². The number of carbonyl (C=O) groups is 2. The molecule has 0 bridgehead atoms. The molecule has 1 saturated heterocycles. The van der Waals surface area contributed by atoms with E-state index in [2.05, 4.69) is 15.3 Å². The Bertz CT molecular complexity index is 1600. The summed E-state index contributed by atoms with van der Waals surface area (Å²) < 4.78 is 50.1. The van der Waals surface area contributed by atoms with Gasteiger partial charge in [-0.1, -0.05) is 24.3 Å². The minimum atomic E-state index is -4.42. The average molecular weight is 593 g/mol. The van der Waals surface area contributed by atoms with E-state index in [9.17, 15) is 22.8 Å². The Morgan fingerprint density at radius 2 is 1.67 bits per heavy atom. The molecule has 8 nitrogen and oxygen atoms in total. The first kappa shape index (κ1) is 29.8. The van der Waals surface area contributed by atoms with E-state index in [-0.39, 0.29) is 18.2 Å². The topological polar surface area (TPSA) is 93.7 Å². The molecule has 1 aliphatic heterocycles. The number of methoxy groups -OCH3 is 1. The standard InChI is InChI=1S/C32H31F3N4O4/c1-20(40)39-13-11-22(12-14-39)18-43-29-17-27-26(16-28(29)42-2)31(37-19-36-27)23-5-9-25(10-6-23)38-30(41)15-21-3-7-24(8-4-21)32(33,34)35/h3-10,16-17,19,22H,11-15,18H2,1-2H3,(H,38,41). The predicted molar refractivity (Wildman–Crippen MR) is 156 cm³/mol. The van der Waals surface area contributed by atoms with Gasteiger partial charge < -0.3 is 19.7 Å². The van der Waals surface area contributed by atoms with E-state index in [0.717, 1.165) is 49.0 Å². The third-order valence-electron chi connectivity index (χ3n) is 7.54. The number of anilines is 1. The Balaban J connectivity index is 1.25. The molecule has 224 valence electrons. The molecule has 1 aliphatic rings. The Kier molecular flexibility index (Phi) is 8.79. The smallest absolute Gasteiger partial charge is 0.416 e. The summed E-state index contributed by atoms with van der Waals surface area (Å²) in [7, 11) is 1.57. The Morgan fingerprint density at radius 3 is 2.30 bits per heavy atom. The minimum Gasteiger partial charge on any atom is -0.493 e. The van der Waals surface area contributed by atoms with Gasteiger partial charge in [-0.05, 0) is 54.7 Å². The summed E-state index contributed by atoms with van der Waals surface area (Å²) >= 11 is 0. The first-order valence-corrected chi connectivity index (χ1v) is 13.9. The SMILES string of the molecule is COc1cc2c(-c3ccc(NC(=O)Cc4ccc(C(F)(F)F)cc4)cc3)ncnc2cc1OCC1CCN(C(C)=O)CC1. The van der Waals surface area contributed by atoms with Crippen molar-refractivity contribution < 1.29 is 32.2 Å². The third-order valence-corrected chi connectivity index (χ3v) is 7.54. The van der Waals surface area contributed by atoms with Gasteiger partial charge >= 0.3 is 6.18 Å². The maximum absolute atomic E-state index is 12.8. The van der Waals surface area contributed by atoms with E-state index in [1.54, 1.807) is 26.2 Å². The fourth-order valence-electron chi connectivity index (χ4n) is 5.10. The first-order chi connectivity index (χ1) is 20.6. The monoisotopic (exact) mass is 592 g/mol. The lowest BCUT2D eigenvalue weighted by atomic mass is 9.98. The summed E-state index contributed by atoms with van der Waals surface area (Å²) in [5, 5.41) is 3.54. The van der Waals surface area contributed by atoms with Gasteiger partial charge in [0.1, 0.15) is 6.33 Å². The van der Waals surface area contributed by atoms with Gasteiger partial charge in [0, 0.05) is 42.7 Å². The summed E-state index contributed by atoms with van der Waals surface area (Å²) in [6.07, 6.45) is -1.24. The average Bonchev–Trinajstić information content (AvgIpc) is 2.99. The number of piperidine rings is 1. The van der Waals surface area contributed by atoms with Crippen LogP contribution in [0.3, 0.4) is 0 Å². The van der Waals surface area contributed by atoms with E-state index >= 15 is 0 Å². The number of fused-ring (bicyclic) bond motifs is 1. The zero-order valence-electron chi connectivity index (χ0n) is 23.8. The summed E-state index contributed by atoms with van der Waals surface area (Å²) in [6.45, 7) is 3.57. The molecule has 2 amide bonds. The molecule has 1 fully saturated rings. The zero-order valence-corrected chi connectivity index (χ0v) is 23.8. The van der Waals surface area contributed by atoms with Crippen LogP contribution in [0.15, 0.2) is 67.0 Å². The van der Waals surface area contributed by atoms with Crippen LogP contribution in [0.25, 0.3) is 22.2 Å². The fourth-order valence-corrected chi connectivity index (χ4v) is 5.10. The van der Waals surface area contributed by atoms with Crippen molar-refractivity contribution in [1.29, 1.82) is 0 Å². The van der Waals surface area contributed by atoms with Crippen molar-refractivity contribution in [3.63, 3.8) is 0 Å². The largest absolute Gasteiger partial charge is 0.493 e. The van der Waals surface area contributed by atoms with E-state index < -0.39 is 11.7 Å². The predicted octanol–water partition coefficient (Wildman–Crippen LogP) is 6.14. The number of hydrogen-bond donors (Lipinski definition) is 1. The lowest BCUT2D eigenvalue weighted by Gasteiger charge is -2.31. The fraction of sp³-hybridized carbons (Fsp3) is 0.312. The van der Waals surface area contributed by atoms with E-state index in [4.69, 9.17) is 9.47 Å². The molecule has 3 aromatic carbocycles. The molecule has 5 rings (SSSR count). The van der Waals surface area contributed by atoms with Crippen LogP contribution in [0.5, 0.6) is 11.5 Å². The molecule has 0 aliphatic carbocycles. The van der Waals surface area contributed by atoms with Crippen molar-refractivity contribution in [2.45, 2.75) is 32.4 Å². The molecule has 0 atom stereocenters. The molecular weight excluding hydrogens is 561 g/mol. The molecule has 0 radical (unpaired) electrons. The van der Waals surface area contributed by atoms with Gasteiger partial charge in [-0.2, -0.15) is 13.2 Å². The van der Waals surface area contributed by atoms with Gasteiger partial charge in [0.25, 0.3) is 0 Å². The molecule has 43 heavy (non-hydrogen) atoms. The first-order valence-electron chi connectivity index (χ1n) is 13.9. The van der Waals surface area contributed by atoms with Crippen molar-refractivity contribution in [2.75, 3.05) is 32.1 Å². The number of halogens is 3. The van der Waals surface area contributed by atoms with Crippen LogP contribution in [-0.2, 0) is 22.2 Å². The number of amides is 2. The number of hydrogen-bond acceptors (Lipinski definition) is 6. The quantitative estimate of drug-likeness (QED) is 0.264. The second-order valence-corrected chi connectivity index (χ2v) is 10.5. The van der Waals surface area contributed by atoms with Crippen LogP contribution in [0.2, 0.25) is 0 Å².